The Morgan fingerprint density at radius 2 is 2.38 bits per heavy atom. The zero-order chi connectivity index (χ0) is 15.6. The lowest BCUT2D eigenvalue weighted by Gasteiger charge is -2.29. The summed E-state index contributed by atoms with van der Waals surface area (Å²) in [4.78, 5) is 13.9. The molecule has 0 radical (unpaired) electrons. The fraction of sp³-hybridized carbons (Fsp3) is 0.667. The van der Waals surface area contributed by atoms with E-state index in [2.05, 4.69) is 5.10 Å². The highest BCUT2D eigenvalue weighted by molar-refractivity contribution is 7.91. The Bertz CT molecular complexity index is 613. The van der Waals surface area contributed by atoms with Crippen molar-refractivity contribution in [1.82, 2.24) is 14.7 Å². The summed E-state index contributed by atoms with van der Waals surface area (Å²) in [5.41, 5.74) is 6.50. The highest BCUT2D eigenvalue weighted by Crippen LogP contribution is 2.21. The highest BCUT2D eigenvalue weighted by Gasteiger charge is 2.36. The maximum absolute atomic E-state index is 12.5. The van der Waals surface area contributed by atoms with E-state index >= 15 is 0 Å². The third kappa shape index (κ3) is 3.60. The normalized spacial score (nSPS) is 22.1. The minimum absolute atomic E-state index is 0.0645. The van der Waals surface area contributed by atoms with Crippen LogP contribution in [0.3, 0.4) is 0 Å². The monoisotopic (exact) mass is 316 g/mol. The average Bonchev–Trinajstić information content (AvgIpc) is 3.00. The Kier molecular flexibility index (Phi) is 4.64. The Hall–Kier alpha value is -1.45. The van der Waals surface area contributed by atoms with Crippen LogP contribution in [0.4, 0.5) is 0 Å². The number of carbonyl (C=O) groups is 1. The van der Waals surface area contributed by atoms with E-state index in [9.17, 15) is 13.2 Å². The van der Waals surface area contributed by atoms with E-state index in [-0.39, 0.29) is 30.6 Å². The standard InChI is InChI=1S/C12H20N4O4S/c1-15-7-9(6-14-15)11(13)12(18)16(3-4-17)10-2-5-21(19,20)8-10/h6-7,10-11,17H,2-5,8,13H2,1H3. The second kappa shape index (κ2) is 6.12. The van der Waals surface area contributed by atoms with Crippen LogP contribution in [-0.4, -0.2) is 64.8 Å². The second-order valence-electron chi connectivity index (χ2n) is 5.24. The van der Waals surface area contributed by atoms with Gasteiger partial charge in [-0.15, -0.1) is 0 Å². The van der Waals surface area contributed by atoms with Crippen molar-refractivity contribution in [2.75, 3.05) is 24.7 Å². The largest absolute Gasteiger partial charge is 0.395 e. The number of aromatic nitrogens is 2. The molecule has 1 saturated heterocycles. The summed E-state index contributed by atoms with van der Waals surface area (Å²) in [7, 11) is -1.39. The van der Waals surface area contributed by atoms with Crippen molar-refractivity contribution in [3.63, 3.8) is 0 Å². The van der Waals surface area contributed by atoms with E-state index in [1.54, 1.807) is 17.9 Å². The van der Waals surface area contributed by atoms with Crippen molar-refractivity contribution < 1.29 is 18.3 Å². The summed E-state index contributed by atoms with van der Waals surface area (Å²) in [5, 5.41) is 13.1. The molecule has 9 heteroatoms. The number of hydrogen-bond acceptors (Lipinski definition) is 6. The van der Waals surface area contributed by atoms with Gasteiger partial charge in [-0.2, -0.15) is 5.10 Å². The van der Waals surface area contributed by atoms with Crippen LogP contribution in [0.5, 0.6) is 0 Å². The molecule has 1 aliphatic heterocycles. The molecule has 21 heavy (non-hydrogen) atoms. The van der Waals surface area contributed by atoms with Gasteiger partial charge in [-0.25, -0.2) is 8.42 Å². The first-order chi connectivity index (χ1) is 9.84. The van der Waals surface area contributed by atoms with Crippen LogP contribution < -0.4 is 5.73 Å². The number of aliphatic hydroxyl groups excluding tert-OH is 1. The van der Waals surface area contributed by atoms with Crippen LogP contribution in [0, 0.1) is 0 Å². The number of aliphatic hydroxyl groups is 1. The number of nitrogens with zero attached hydrogens (tertiary/aromatic N) is 3. The van der Waals surface area contributed by atoms with Crippen molar-refractivity contribution in [2.24, 2.45) is 12.8 Å². The van der Waals surface area contributed by atoms with Gasteiger partial charge in [0, 0.05) is 31.4 Å². The first kappa shape index (κ1) is 15.9. The van der Waals surface area contributed by atoms with Crippen LogP contribution in [0.25, 0.3) is 0 Å². The van der Waals surface area contributed by atoms with Gasteiger partial charge in [0.05, 0.1) is 24.3 Å². The molecule has 1 aromatic rings. The number of aryl methyl sites for hydroxylation is 1. The highest BCUT2D eigenvalue weighted by atomic mass is 32.2. The minimum atomic E-state index is -3.11. The van der Waals surface area contributed by atoms with Gasteiger partial charge in [0.25, 0.3) is 0 Å². The molecule has 0 bridgehead atoms. The lowest BCUT2D eigenvalue weighted by molar-refractivity contribution is -0.135. The number of sulfone groups is 1. The molecular formula is C12H20N4O4S. The number of hydrogen-bond donors (Lipinski definition) is 2. The van der Waals surface area contributed by atoms with Crippen LogP contribution in [0.15, 0.2) is 12.4 Å². The molecular weight excluding hydrogens is 296 g/mol. The molecule has 8 nitrogen and oxygen atoms in total. The second-order valence-corrected chi connectivity index (χ2v) is 7.47. The molecule has 0 spiro atoms. The molecule has 0 aromatic carbocycles. The van der Waals surface area contributed by atoms with Crippen molar-refractivity contribution in [1.29, 1.82) is 0 Å². The summed E-state index contributed by atoms with van der Waals surface area (Å²) >= 11 is 0. The number of amides is 1. The number of carbonyl (C=O) groups excluding carboxylic acids is 1. The Balaban J connectivity index is 2.16. The van der Waals surface area contributed by atoms with E-state index in [0.29, 0.717) is 12.0 Å². The Morgan fingerprint density at radius 1 is 1.67 bits per heavy atom. The van der Waals surface area contributed by atoms with E-state index in [0.717, 1.165) is 0 Å². The Morgan fingerprint density at radius 3 is 2.86 bits per heavy atom. The van der Waals surface area contributed by atoms with Gasteiger partial charge in [0.2, 0.25) is 5.91 Å². The van der Waals surface area contributed by atoms with Crippen LogP contribution in [0.1, 0.15) is 18.0 Å². The number of rotatable bonds is 5. The molecule has 2 heterocycles. The SMILES string of the molecule is Cn1cc(C(N)C(=O)N(CCO)C2CCS(=O)(=O)C2)cn1. The molecule has 1 amide bonds. The fourth-order valence-corrected chi connectivity index (χ4v) is 4.25. The molecule has 0 saturated carbocycles. The van der Waals surface area contributed by atoms with Gasteiger partial charge in [0.1, 0.15) is 6.04 Å². The maximum atomic E-state index is 12.5. The molecule has 3 N–H and O–H groups in total. The lowest BCUT2D eigenvalue weighted by Crippen LogP contribution is -2.46. The van der Waals surface area contributed by atoms with Crippen LogP contribution in [0.2, 0.25) is 0 Å². The maximum Gasteiger partial charge on any atom is 0.244 e. The summed E-state index contributed by atoms with van der Waals surface area (Å²) in [6.07, 6.45) is 3.53. The predicted molar refractivity (Wildman–Crippen MR) is 76.0 cm³/mol. The van der Waals surface area contributed by atoms with Gasteiger partial charge in [0.15, 0.2) is 9.84 Å². The van der Waals surface area contributed by atoms with E-state index < -0.39 is 21.9 Å². The van der Waals surface area contributed by atoms with Gasteiger partial charge in [-0.3, -0.25) is 9.48 Å². The zero-order valence-electron chi connectivity index (χ0n) is 11.8. The summed E-state index contributed by atoms with van der Waals surface area (Å²) in [6, 6.07) is -1.33. The first-order valence-corrected chi connectivity index (χ1v) is 8.52. The summed E-state index contributed by atoms with van der Waals surface area (Å²) < 4.78 is 24.7. The summed E-state index contributed by atoms with van der Waals surface area (Å²) in [5.74, 6) is -0.396. The van der Waals surface area contributed by atoms with E-state index in [1.165, 1.54) is 11.1 Å². The van der Waals surface area contributed by atoms with Crippen molar-refractivity contribution in [2.45, 2.75) is 18.5 Å². The molecule has 2 rings (SSSR count). The quantitative estimate of drug-likeness (QED) is 0.677. The molecule has 1 aliphatic rings. The smallest absolute Gasteiger partial charge is 0.244 e. The predicted octanol–water partition coefficient (Wildman–Crippen LogP) is -1.57. The molecule has 2 unspecified atom stereocenters. The van der Waals surface area contributed by atoms with Crippen molar-refractivity contribution in [3.05, 3.63) is 18.0 Å². The molecule has 1 fully saturated rings. The fourth-order valence-electron chi connectivity index (χ4n) is 2.52. The number of nitrogens with two attached hydrogens (primary N) is 1. The van der Waals surface area contributed by atoms with Crippen LogP contribution >= 0.6 is 0 Å². The molecule has 2 atom stereocenters. The zero-order valence-corrected chi connectivity index (χ0v) is 12.7. The third-order valence-corrected chi connectivity index (χ3v) is 5.37. The van der Waals surface area contributed by atoms with Crippen molar-refractivity contribution >= 4 is 15.7 Å². The molecule has 0 aliphatic carbocycles. The summed E-state index contributed by atoms with van der Waals surface area (Å²) in [6.45, 7) is -0.158. The van der Waals surface area contributed by atoms with E-state index in [4.69, 9.17) is 10.8 Å². The molecule has 1 aromatic heterocycles. The van der Waals surface area contributed by atoms with Crippen LogP contribution in [-0.2, 0) is 21.7 Å². The van der Waals surface area contributed by atoms with Gasteiger partial charge in [-0.1, -0.05) is 0 Å². The van der Waals surface area contributed by atoms with Gasteiger partial charge < -0.3 is 15.7 Å². The molecule has 118 valence electrons. The first-order valence-electron chi connectivity index (χ1n) is 6.70. The minimum Gasteiger partial charge on any atom is -0.395 e. The van der Waals surface area contributed by atoms with Crippen molar-refractivity contribution in [3.8, 4) is 0 Å². The topological polar surface area (TPSA) is 119 Å². The van der Waals surface area contributed by atoms with Gasteiger partial charge in [-0.05, 0) is 6.42 Å². The third-order valence-electron chi connectivity index (χ3n) is 3.62. The van der Waals surface area contributed by atoms with E-state index in [1.807, 2.05) is 0 Å². The Labute approximate surface area is 123 Å². The van der Waals surface area contributed by atoms with Gasteiger partial charge >= 0.3 is 0 Å². The average molecular weight is 316 g/mol. The lowest BCUT2D eigenvalue weighted by atomic mass is 10.1.